The van der Waals surface area contributed by atoms with Gasteiger partial charge in [0.05, 0.1) is 24.6 Å². The lowest BCUT2D eigenvalue weighted by molar-refractivity contribution is -0.432. The first kappa shape index (κ1) is 14.2. The average molecular weight is 266 g/mol. The average Bonchev–Trinajstić information content (AvgIpc) is 2.69. The molecular formula is C9H14O7S. The minimum Gasteiger partial charge on any atom is -0.465 e. The molecule has 1 unspecified atom stereocenters. The van der Waals surface area contributed by atoms with Crippen LogP contribution in [0.15, 0.2) is 0 Å². The molecule has 0 radical (unpaired) electrons. The van der Waals surface area contributed by atoms with E-state index < -0.39 is 16.6 Å². The number of hydrogen-bond acceptors (Lipinski definition) is 8. The molecule has 1 saturated heterocycles. The van der Waals surface area contributed by atoms with Gasteiger partial charge in [0.25, 0.3) is 0 Å². The first-order valence-corrected chi connectivity index (χ1v) is 5.71. The van der Waals surface area contributed by atoms with E-state index in [1.807, 2.05) is 0 Å². The zero-order chi connectivity index (χ0) is 12.9. The van der Waals surface area contributed by atoms with Gasteiger partial charge in [-0.3, -0.25) is 9.59 Å². The van der Waals surface area contributed by atoms with Crippen molar-refractivity contribution in [2.24, 2.45) is 5.92 Å². The van der Waals surface area contributed by atoms with E-state index >= 15 is 0 Å². The van der Waals surface area contributed by atoms with E-state index in [1.165, 1.54) is 13.8 Å². The topological polar surface area (TPSA) is 91.3 Å². The number of cyclic esters (lactones) is 1. The Morgan fingerprint density at radius 1 is 1.65 bits per heavy atom. The summed E-state index contributed by atoms with van der Waals surface area (Å²) in [6.45, 7) is 3.42. The molecule has 0 bridgehead atoms. The van der Waals surface area contributed by atoms with Crippen LogP contribution in [0.3, 0.4) is 0 Å². The van der Waals surface area contributed by atoms with Gasteiger partial charge in [-0.25, -0.2) is 5.26 Å². The quantitative estimate of drug-likeness (QED) is 0.329. The summed E-state index contributed by atoms with van der Waals surface area (Å²) < 4.78 is 12.9. The zero-order valence-electron chi connectivity index (χ0n) is 9.50. The van der Waals surface area contributed by atoms with Crippen LogP contribution in [0, 0.1) is 5.92 Å². The molecule has 8 heteroatoms. The molecule has 0 aliphatic carbocycles. The molecule has 1 aliphatic heterocycles. The predicted molar refractivity (Wildman–Crippen MR) is 56.5 cm³/mol. The van der Waals surface area contributed by atoms with Gasteiger partial charge in [-0.2, -0.15) is 0 Å². The second-order valence-corrected chi connectivity index (χ2v) is 5.31. The summed E-state index contributed by atoms with van der Waals surface area (Å²) in [6.07, 6.45) is 0.552. The van der Waals surface area contributed by atoms with Gasteiger partial charge in [0.1, 0.15) is 11.4 Å². The fourth-order valence-electron chi connectivity index (χ4n) is 1.17. The van der Waals surface area contributed by atoms with Crippen molar-refractivity contribution in [2.45, 2.75) is 25.0 Å². The van der Waals surface area contributed by atoms with Gasteiger partial charge in [-0.1, -0.05) is 5.04 Å². The van der Waals surface area contributed by atoms with E-state index in [-0.39, 0.29) is 12.6 Å². The molecule has 1 heterocycles. The van der Waals surface area contributed by atoms with Gasteiger partial charge >= 0.3 is 11.9 Å². The second-order valence-electron chi connectivity index (χ2n) is 3.99. The van der Waals surface area contributed by atoms with Crippen molar-refractivity contribution in [3.05, 3.63) is 0 Å². The number of hydrogen-bond donors (Lipinski definition) is 1. The highest BCUT2D eigenvalue weighted by atomic mass is 32.2. The van der Waals surface area contributed by atoms with Crippen LogP contribution in [-0.4, -0.2) is 35.2 Å². The summed E-state index contributed by atoms with van der Waals surface area (Å²) >= 11 is 0.607. The summed E-state index contributed by atoms with van der Waals surface area (Å²) in [7, 11) is 0. The molecule has 0 aromatic rings. The fraction of sp³-hybridized carbons (Fsp3) is 0.778. The van der Waals surface area contributed by atoms with Gasteiger partial charge in [0, 0.05) is 0 Å². The Labute approximate surface area is 102 Å². The van der Waals surface area contributed by atoms with Crippen LogP contribution in [-0.2, 0) is 28.4 Å². The SMILES string of the molecule is CC(C)(SOOO)C(=O)OCC1CCOC1=O. The lowest BCUT2D eigenvalue weighted by Gasteiger charge is -2.19. The minimum absolute atomic E-state index is 0.0123. The predicted octanol–water partition coefficient (Wildman–Crippen LogP) is 0.941. The monoisotopic (exact) mass is 266 g/mol. The standard InChI is InChI=1S/C9H14O7S/c1-9(2,17-16-15-12)8(11)14-5-6-3-4-13-7(6)10/h6,12H,3-5H2,1-2H3. The van der Waals surface area contributed by atoms with Crippen molar-refractivity contribution in [2.75, 3.05) is 13.2 Å². The molecule has 0 aromatic heterocycles. The van der Waals surface area contributed by atoms with E-state index in [0.717, 1.165) is 0 Å². The van der Waals surface area contributed by atoms with Crippen molar-refractivity contribution in [1.29, 1.82) is 0 Å². The van der Waals surface area contributed by atoms with E-state index in [4.69, 9.17) is 14.7 Å². The number of rotatable bonds is 6. The van der Waals surface area contributed by atoms with Gasteiger partial charge in [0.2, 0.25) is 0 Å². The third kappa shape index (κ3) is 4.15. The van der Waals surface area contributed by atoms with Crippen molar-refractivity contribution in [1.82, 2.24) is 0 Å². The summed E-state index contributed by atoms with van der Waals surface area (Å²) in [5.74, 6) is -1.31. The van der Waals surface area contributed by atoms with Gasteiger partial charge < -0.3 is 9.47 Å². The van der Waals surface area contributed by atoms with Crippen molar-refractivity contribution < 1.29 is 33.7 Å². The maximum Gasteiger partial charge on any atom is 0.324 e. The van der Waals surface area contributed by atoms with Crippen molar-refractivity contribution >= 4 is 24.0 Å². The van der Waals surface area contributed by atoms with E-state index in [9.17, 15) is 9.59 Å². The highest BCUT2D eigenvalue weighted by molar-refractivity contribution is 7.96. The summed E-state index contributed by atoms with van der Waals surface area (Å²) in [6, 6.07) is 0. The zero-order valence-corrected chi connectivity index (χ0v) is 10.3. The third-order valence-electron chi connectivity index (χ3n) is 2.22. The molecule has 1 atom stereocenters. The highest BCUT2D eigenvalue weighted by Crippen LogP contribution is 2.27. The summed E-state index contributed by atoms with van der Waals surface area (Å²) in [5, 5.41) is 11.4. The van der Waals surface area contributed by atoms with Gasteiger partial charge in [-0.15, -0.1) is 4.33 Å². The van der Waals surface area contributed by atoms with Crippen LogP contribution in [0.1, 0.15) is 20.3 Å². The Morgan fingerprint density at radius 3 is 2.88 bits per heavy atom. The largest absolute Gasteiger partial charge is 0.465 e. The Balaban J connectivity index is 2.35. The van der Waals surface area contributed by atoms with Gasteiger partial charge in [0.15, 0.2) is 0 Å². The number of carbonyl (C=O) groups excluding carboxylic acids is 2. The smallest absolute Gasteiger partial charge is 0.324 e. The molecule has 0 amide bonds. The molecular weight excluding hydrogens is 252 g/mol. The van der Waals surface area contributed by atoms with Crippen LogP contribution in [0.4, 0.5) is 0 Å². The number of esters is 2. The first-order valence-electron chi connectivity index (χ1n) is 4.97. The molecule has 7 nitrogen and oxygen atoms in total. The Bertz CT molecular complexity index is 291. The highest BCUT2D eigenvalue weighted by Gasteiger charge is 2.35. The lowest BCUT2D eigenvalue weighted by Crippen LogP contribution is -2.32. The van der Waals surface area contributed by atoms with Crippen LogP contribution < -0.4 is 0 Å². The summed E-state index contributed by atoms with van der Waals surface area (Å²) in [4.78, 5) is 22.7. The molecule has 0 saturated carbocycles. The first-order chi connectivity index (χ1) is 7.97. The molecule has 1 N–H and O–H groups in total. The maximum absolute atomic E-state index is 11.6. The molecule has 1 rings (SSSR count). The lowest BCUT2D eigenvalue weighted by atomic mass is 10.1. The third-order valence-corrected chi connectivity index (χ3v) is 2.94. The van der Waals surface area contributed by atoms with Crippen LogP contribution in [0.25, 0.3) is 0 Å². The number of ether oxygens (including phenoxy) is 2. The molecule has 1 fully saturated rings. The Hall–Kier alpha value is -0.830. The summed E-state index contributed by atoms with van der Waals surface area (Å²) in [5.41, 5.74) is 0. The van der Waals surface area contributed by atoms with E-state index in [0.29, 0.717) is 25.1 Å². The van der Waals surface area contributed by atoms with Crippen molar-refractivity contribution in [3.63, 3.8) is 0 Å². The Kier molecular flexibility index (Phi) is 5.19. The molecule has 1 aliphatic rings. The van der Waals surface area contributed by atoms with Crippen LogP contribution in [0.2, 0.25) is 0 Å². The van der Waals surface area contributed by atoms with Gasteiger partial charge in [-0.05, 0) is 20.3 Å². The maximum atomic E-state index is 11.6. The van der Waals surface area contributed by atoms with E-state index in [1.54, 1.807) is 0 Å². The molecule has 0 aromatic carbocycles. The second kappa shape index (κ2) is 6.20. The number of carbonyl (C=O) groups is 2. The molecule has 0 spiro atoms. The fourth-order valence-corrected chi connectivity index (χ4v) is 1.50. The van der Waals surface area contributed by atoms with Crippen LogP contribution in [0.5, 0.6) is 0 Å². The molecule has 98 valence electrons. The van der Waals surface area contributed by atoms with Crippen LogP contribution >= 0.6 is 12.0 Å². The minimum atomic E-state index is -1.05. The Morgan fingerprint density at radius 2 is 2.35 bits per heavy atom. The normalized spacial score (nSPS) is 20.2. The van der Waals surface area contributed by atoms with E-state index in [2.05, 4.69) is 9.37 Å². The van der Waals surface area contributed by atoms with Crippen molar-refractivity contribution in [3.8, 4) is 0 Å². The molecule has 17 heavy (non-hydrogen) atoms.